The molecule has 0 saturated heterocycles. The van der Waals surface area contributed by atoms with E-state index in [1.165, 1.54) is 37.3 Å². The monoisotopic (exact) mass is 395 g/mol. The molecule has 0 spiro atoms. The summed E-state index contributed by atoms with van der Waals surface area (Å²) in [6.45, 7) is 1.48. The molecular weight excluding hydrogens is 382 g/mol. The van der Waals surface area contributed by atoms with Gasteiger partial charge in [0.05, 0.1) is 21.9 Å². The Morgan fingerprint density at radius 3 is 2.45 bits per heavy atom. The number of azo groups is 1. The molecule has 0 fully saturated rings. The number of hydrogen-bond donors (Lipinski definition) is 1. The molecule has 11 nitrogen and oxygen atoms in total. The Balaban J connectivity index is 1.81. The van der Waals surface area contributed by atoms with E-state index >= 15 is 0 Å². The van der Waals surface area contributed by atoms with E-state index < -0.39 is 28.7 Å². The first kappa shape index (κ1) is 19.5. The molecule has 2 aromatic rings. The molecule has 0 unspecified atom stereocenters. The zero-order valence-corrected chi connectivity index (χ0v) is 14.9. The van der Waals surface area contributed by atoms with Gasteiger partial charge in [-0.25, -0.2) is 4.79 Å². The molecule has 146 valence electrons. The number of carbonyl (C=O) groups is 3. The Hall–Kier alpha value is -4.28. The van der Waals surface area contributed by atoms with Gasteiger partial charge in [0.2, 0.25) is 0 Å². The lowest BCUT2D eigenvalue weighted by Crippen LogP contribution is -2.34. The molecule has 1 heterocycles. The molecule has 29 heavy (non-hydrogen) atoms. The van der Waals surface area contributed by atoms with Crippen LogP contribution in [0.3, 0.4) is 0 Å². The average Bonchev–Trinajstić information content (AvgIpc) is 2.99. The van der Waals surface area contributed by atoms with Crippen LogP contribution in [0.1, 0.15) is 27.6 Å². The number of non-ortho nitro benzene ring substituents is 1. The van der Waals surface area contributed by atoms with Gasteiger partial charge in [-0.2, -0.15) is 20.3 Å². The number of nitro benzene ring substituents is 1. The first-order valence-electron chi connectivity index (χ1n) is 8.20. The normalized spacial score (nSPS) is 16.2. The van der Waals surface area contributed by atoms with Crippen LogP contribution in [0.4, 0.5) is 11.4 Å². The molecule has 0 saturated carbocycles. The smallest absolute Gasteiger partial charge is 0.337 e. The molecule has 11 heteroatoms. The average molecular weight is 395 g/mol. The summed E-state index contributed by atoms with van der Waals surface area (Å²) in [7, 11) is 0. The highest BCUT2D eigenvalue weighted by Gasteiger charge is 2.38. The lowest BCUT2D eigenvalue weighted by molar-refractivity contribution is -0.384. The third kappa shape index (κ3) is 3.88. The van der Waals surface area contributed by atoms with Crippen LogP contribution < -0.4 is 0 Å². The molecule has 3 rings (SSSR count). The molecule has 1 aliphatic heterocycles. The van der Waals surface area contributed by atoms with Crippen molar-refractivity contribution >= 4 is 34.9 Å². The number of imide groups is 1. The van der Waals surface area contributed by atoms with Gasteiger partial charge in [0.1, 0.15) is 0 Å². The number of carboxylic acid groups (broad SMARTS) is 1. The standard InChI is InChI=1S/C18H13N5O6/c1-10-15(20-19-14-5-3-2-4-13(14)18(26)27)17(25)22(21-10)16(24)11-6-8-12(9-7-11)23(28)29/h2-9,15H,1H3,(H,26,27)/t15-/m1/s1. The van der Waals surface area contributed by atoms with E-state index in [1.807, 2.05) is 0 Å². The maximum Gasteiger partial charge on any atom is 0.337 e. The number of hydrazone groups is 1. The van der Waals surface area contributed by atoms with Crippen molar-refractivity contribution in [1.82, 2.24) is 5.01 Å². The molecule has 0 aliphatic carbocycles. The summed E-state index contributed by atoms with van der Waals surface area (Å²) in [4.78, 5) is 46.4. The summed E-state index contributed by atoms with van der Waals surface area (Å²) < 4.78 is 0. The van der Waals surface area contributed by atoms with Gasteiger partial charge in [0, 0.05) is 17.7 Å². The van der Waals surface area contributed by atoms with Crippen molar-refractivity contribution in [2.75, 3.05) is 0 Å². The second-order valence-electron chi connectivity index (χ2n) is 5.94. The minimum atomic E-state index is -1.20. The van der Waals surface area contributed by atoms with Crippen LogP contribution in [0.15, 0.2) is 63.9 Å². The fourth-order valence-electron chi connectivity index (χ4n) is 2.54. The van der Waals surface area contributed by atoms with Crippen LogP contribution in [0.2, 0.25) is 0 Å². The van der Waals surface area contributed by atoms with E-state index in [-0.39, 0.29) is 28.2 Å². The van der Waals surface area contributed by atoms with Crippen molar-refractivity contribution in [3.05, 3.63) is 69.8 Å². The first-order chi connectivity index (χ1) is 13.8. The Bertz CT molecular complexity index is 1080. The lowest BCUT2D eigenvalue weighted by atomic mass is 10.1. The topological polar surface area (TPSA) is 155 Å². The number of nitro groups is 1. The van der Waals surface area contributed by atoms with Crippen molar-refractivity contribution < 1.29 is 24.4 Å². The van der Waals surface area contributed by atoms with E-state index in [1.54, 1.807) is 6.07 Å². The van der Waals surface area contributed by atoms with Crippen molar-refractivity contribution in [2.45, 2.75) is 13.0 Å². The predicted octanol–water partition coefficient (Wildman–Crippen LogP) is 2.80. The number of carbonyl (C=O) groups excluding carboxylic acids is 2. The van der Waals surface area contributed by atoms with Gasteiger partial charge >= 0.3 is 5.97 Å². The van der Waals surface area contributed by atoms with E-state index in [0.29, 0.717) is 5.01 Å². The van der Waals surface area contributed by atoms with Gasteiger partial charge in [0.15, 0.2) is 6.04 Å². The highest BCUT2D eigenvalue weighted by Crippen LogP contribution is 2.23. The first-order valence-corrected chi connectivity index (χ1v) is 8.20. The third-order valence-electron chi connectivity index (χ3n) is 4.03. The molecular formula is C18H13N5O6. The van der Waals surface area contributed by atoms with Crippen LogP contribution >= 0.6 is 0 Å². The largest absolute Gasteiger partial charge is 0.478 e. The Morgan fingerprint density at radius 1 is 1.17 bits per heavy atom. The van der Waals surface area contributed by atoms with E-state index in [9.17, 15) is 24.5 Å². The van der Waals surface area contributed by atoms with Gasteiger partial charge in [-0.05, 0) is 31.2 Å². The van der Waals surface area contributed by atoms with Gasteiger partial charge in [-0.15, -0.1) is 0 Å². The molecule has 0 radical (unpaired) electrons. The number of aromatic carboxylic acids is 1. The van der Waals surface area contributed by atoms with Crippen molar-refractivity contribution in [3.8, 4) is 0 Å². The zero-order valence-electron chi connectivity index (χ0n) is 14.9. The number of amides is 2. The SMILES string of the molecule is CC1=NN(C(=O)c2ccc([N+](=O)[O-])cc2)C(=O)[C@@H]1N=Nc1ccccc1C(=O)O. The van der Waals surface area contributed by atoms with E-state index in [0.717, 1.165) is 12.1 Å². The Kier molecular flexibility index (Phi) is 5.21. The fourth-order valence-corrected chi connectivity index (χ4v) is 2.54. The summed E-state index contributed by atoms with van der Waals surface area (Å²) in [6, 6.07) is 9.42. The number of carboxylic acids is 1. The van der Waals surface area contributed by atoms with Crippen molar-refractivity contribution in [1.29, 1.82) is 0 Å². The predicted molar refractivity (Wildman–Crippen MR) is 99.1 cm³/mol. The van der Waals surface area contributed by atoms with E-state index in [4.69, 9.17) is 5.11 Å². The number of nitrogens with zero attached hydrogens (tertiary/aromatic N) is 5. The zero-order chi connectivity index (χ0) is 21.1. The number of benzene rings is 2. The van der Waals surface area contributed by atoms with Crippen LogP contribution in [0.5, 0.6) is 0 Å². The van der Waals surface area contributed by atoms with Gasteiger partial charge in [-0.3, -0.25) is 19.7 Å². The van der Waals surface area contributed by atoms with E-state index in [2.05, 4.69) is 15.3 Å². The highest BCUT2D eigenvalue weighted by atomic mass is 16.6. The number of hydrogen-bond acceptors (Lipinski definition) is 8. The van der Waals surface area contributed by atoms with Gasteiger partial charge < -0.3 is 5.11 Å². The van der Waals surface area contributed by atoms with Crippen molar-refractivity contribution in [2.24, 2.45) is 15.3 Å². The van der Waals surface area contributed by atoms with Crippen LogP contribution in [-0.4, -0.2) is 44.6 Å². The molecule has 2 amide bonds. The third-order valence-corrected chi connectivity index (χ3v) is 4.03. The Labute approximate surface area is 163 Å². The van der Waals surface area contributed by atoms with Crippen LogP contribution in [0.25, 0.3) is 0 Å². The van der Waals surface area contributed by atoms with Crippen molar-refractivity contribution in [3.63, 3.8) is 0 Å². The van der Waals surface area contributed by atoms with Gasteiger partial charge in [0.25, 0.3) is 17.5 Å². The summed E-state index contributed by atoms with van der Waals surface area (Å²) in [5.41, 5.74) is 0.00438. The minimum Gasteiger partial charge on any atom is -0.478 e. The van der Waals surface area contributed by atoms with Gasteiger partial charge in [-0.1, -0.05) is 12.1 Å². The summed E-state index contributed by atoms with van der Waals surface area (Å²) in [5, 5.41) is 32.1. The summed E-state index contributed by atoms with van der Waals surface area (Å²) >= 11 is 0. The molecule has 0 aromatic heterocycles. The molecule has 1 N–H and O–H groups in total. The highest BCUT2D eigenvalue weighted by molar-refractivity contribution is 6.18. The minimum absolute atomic E-state index is 0.0364. The molecule has 2 aromatic carbocycles. The quantitative estimate of drug-likeness (QED) is 0.355. The molecule has 1 atom stereocenters. The fraction of sp³-hybridized carbons (Fsp3) is 0.111. The lowest BCUT2D eigenvalue weighted by Gasteiger charge is -2.10. The second kappa shape index (κ2) is 7.76. The second-order valence-corrected chi connectivity index (χ2v) is 5.94. The molecule has 0 bridgehead atoms. The summed E-state index contributed by atoms with van der Waals surface area (Å²) in [6.07, 6.45) is 0. The maximum atomic E-state index is 12.6. The maximum absolute atomic E-state index is 12.6. The van der Waals surface area contributed by atoms with Crippen LogP contribution in [0, 0.1) is 10.1 Å². The Morgan fingerprint density at radius 2 is 1.83 bits per heavy atom. The van der Waals surface area contributed by atoms with Crippen LogP contribution in [-0.2, 0) is 4.79 Å². The summed E-state index contributed by atoms with van der Waals surface area (Å²) in [5.74, 6) is -2.73. The molecule has 1 aliphatic rings. The number of rotatable bonds is 5.